The van der Waals surface area contributed by atoms with Crippen LogP contribution in [0.15, 0.2) is 30.3 Å². The smallest absolute Gasteiger partial charge is 0.0851 e. The predicted octanol–water partition coefficient (Wildman–Crippen LogP) is 0.655. The van der Waals surface area contributed by atoms with Crippen molar-refractivity contribution < 1.29 is 10.2 Å². The molecule has 0 atom stereocenters. The lowest BCUT2D eigenvalue weighted by Gasteiger charge is -1.96. The van der Waals surface area contributed by atoms with Crippen LogP contribution in [0.5, 0.6) is 0 Å². The number of rotatable bonds is 2. The Balaban J connectivity index is 0.000000561. The number of hydrogen-bond acceptors (Lipinski definition) is 3. The molecule has 0 aliphatic rings. The van der Waals surface area contributed by atoms with Crippen LogP contribution in [0.2, 0.25) is 0 Å². The molecular weight excluding hydrogens is 154 g/mol. The van der Waals surface area contributed by atoms with Gasteiger partial charge in [0.2, 0.25) is 0 Å². The summed E-state index contributed by atoms with van der Waals surface area (Å²) in [6.45, 7) is -0.190. The minimum Gasteiger partial charge on any atom is -0.400 e. The van der Waals surface area contributed by atoms with E-state index < -0.39 is 0 Å². The van der Waals surface area contributed by atoms with Gasteiger partial charge in [-0.05, 0) is 5.56 Å². The van der Waals surface area contributed by atoms with Crippen molar-refractivity contribution in [2.75, 3.05) is 13.7 Å². The zero-order chi connectivity index (χ0) is 9.40. The standard InChI is InChI=1S/C8H9NO.CH4O/c9-8(6-10)7-4-2-1-3-5-7;1-2/h1-5,9-10H,6H2;2H,1H3. The SMILES string of the molecule is CO.N=C(CO)c1ccccc1. The van der Waals surface area contributed by atoms with Gasteiger partial charge in [0.05, 0.1) is 12.3 Å². The Labute approximate surface area is 71.8 Å². The highest BCUT2D eigenvalue weighted by Crippen LogP contribution is 1.97. The summed E-state index contributed by atoms with van der Waals surface area (Å²) in [6, 6.07) is 9.18. The van der Waals surface area contributed by atoms with Crippen molar-refractivity contribution in [1.29, 1.82) is 5.41 Å². The molecule has 0 fully saturated rings. The summed E-state index contributed by atoms with van der Waals surface area (Å²) in [5.41, 5.74) is 1.05. The van der Waals surface area contributed by atoms with Gasteiger partial charge in [0, 0.05) is 7.11 Å². The van der Waals surface area contributed by atoms with Gasteiger partial charge < -0.3 is 15.6 Å². The van der Waals surface area contributed by atoms with Gasteiger partial charge >= 0.3 is 0 Å². The third kappa shape index (κ3) is 3.27. The first-order valence-electron chi connectivity index (χ1n) is 3.53. The monoisotopic (exact) mass is 167 g/mol. The Hall–Kier alpha value is -1.19. The molecule has 0 heterocycles. The molecule has 1 aromatic carbocycles. The van der Waals surface area contributed by atoms with E-state index in [0.717, 1.165) is 12.7 Å². The van der Waals surface area contributed by atoms with E-state index in [0.29, 0.717) is 0 Å². The van der Waals surface area contributed by atoms with Crippen LogP contribution < -0.4 is 0 Å². The molecule has 0 spiro atoms. The highest BCUT2D eigenvalue weighted by Gasteiger charge is 1.95. The second-order valence-corrected chi connectivity index (χ2v) is 2.00. The first kappa shape index (κ1) is 10.8. The molecule has 1 rings (SSSR count). The summed E-state index contributed by atoms with van der Waals surface area (Å²) in [4.78, 5) is 0. The van der Waals surface area contributed by atoms with E-state index >= 15 is 0 Å². The highest BCUT2D eigenvalue weighted by atomic mass is 16.3. The lowest BCUT2D eigenvalue weighted by molar-refractivity contribution is 0.357. The van der Waals surface area contributed by atoms with Gasteiger partial charge in [-0.3, -0.25) is 0 Å². The van der Waals surface area contributed by atoms with Crippen LogP contribution in [0.4, 0.5) is 0 Å². The predicted molar refractivity (Wildman–Crippen MR) is 48.5 cm³/mol. The molecule has 0 aliphatic carbocycles. The molecule has 3 nitrogen and oxygen atoms in total. The molecule has 3 N–H and O–H groups in total. The second kappa shape index (κ2) is 6.52. The van der Waals surface area contributed by atoms with E-state index in [4.69, 9.17) is 15.6 Å². The van der Waals surface area contributed by atoms with Gasteiger partial charge in [0.25, 0.3) is 0 Å². The maximum atomic E-state index is 8.56. The molecular formula is C9H13NO2. The van der Waals surface area contributed by atoms with Crippen molar-refractivity contribution in [2.24, 2.45) is 0 Å². The van der Waals surface area contributed by atoms with Crippen LogP contribution in [0.1, 0.15) is 5.56 Å². The molecule has 1 aromatic rings. The van der Waals surface area contributed by atoms with Crippen molar-refractivity contribution in [3.8, 4) is 0 Å². The normalized spacial score (nSPS) is 8.25. The van der Waals surface area contributed by atoms with Gasteiger partial charge in [0.15, 0.2) is 0 Å². The fourth-order valence-corrected chi connectivity index (χ4v) is 0.731. The van der Waals surface area contributed by atoms with Crippen LogP contribution in [0, 0.1) is 5.41 Å². The van der Waals surface area contributed by atoms with E-state index in [1.165, 1.54) is 0 Å². The van der Waals surface area contributed by atoms with E-state index in [1.807, 2.05) is 18.2 Å². The third-order valence-corrected chi connectivity index (χ3v) is 1.28. The largest absolute Gasteiger partial charge is 0.400 e. The molecule has 0 saturated carbocycles. The summed E-state index contributed by atoms with van der Waals surface area (Å²) in [5.74, 6) is 0. The minimum atomic E-state index is -0.190. The molecule has 0 amide bonds. The van der Waals surface area contributed by atoms with E-state index in [9.17, 15) is 0 Å². The molecule has 0 aromatic heterocycles. The summed E-state index contributed by atoms with van der Waals surface area (Å²) in [7, 11) is 1.00. The first-order chi connectivity index (χ1) is 5.84. The van der Waals surface area contributed by atoms with Gasteiger partial charge in [-0.25, -0.2) is 0 Å². The summed E-state index contributed by atoms with van der Waals surface area (Å²) < 4.78 is 0. The molecule has 0 radical (unpaired) electrons. The Morgan fingerprint density at radius 1 is 1.25 bits per heavy atom. The lowest BCUT2D eigenvalue weighted by atomic mass is 10.1. The van der Waals surface area contributed by atoms with Crippen molar-refractivity contribution >= 4 is 5.71 Å². The summed E-state index contributed by atoms with van der Waals surface area (Å²) in [5, 5.41) is 22.8. The van der Waals surface area contributed by atoms with Crippen molar-refractivity contribution in [3.05, 3.63) is 35.9 Å². The quantitative estimate of drug-likeness (QED) is 0.566. The molecule has 66 valence electrons. The van der Waals surface area contributed by atoms with Gasteiger partial charge in [-0.1, -0.05) is 30.3 Å². The van der Waals surface area contributed by atoms with Gasteiger partial charge in [0.1, 0.15) is 0 Å². The van der Waals surface area contributed by atoms with Gasteiger partial charge in [-0.2, -0.15) is 0 Å². The van der Waals surface area contributed by atoms with E-state index in [1.54, 1.807) is 12.1 Å². The number of benzene rings is 1. The van der Waals surface area contributed by atoms with Gasteiger partial charge in [-0.15, -0.1) is 0 Å². The zero-order valence-corrected chi connectivity index (χ0v) is 6.99. The molecule has 3 heteroatoms. The maximum absolute atomic E-state index is 8.56. The Morgan fingerprint density at radius 2 is 1.75 bits per heavy atom. The molecule has 0 bridgehead atoms. The Kier molecular flexibility index (Phi) is 5.87. The molecule has 12 heavy (non-hydrogen) atoms. The number of nitrogens with one attached hydrogen (secondary N) is 1. The molecule has 0 unspecified atom stereocenters. The fraction of sp³-hybridized carbons (Fsp3) is 0.222. The fourth-order valence-electron chi connectivity index (χ4n) is 0.731. The summed E-state index contributed by atoms with van der Waals surface area (Å²) >= 11 is 0. The lowest BCUT2D eigenvalue weighted by Crippen LogP contribution is -2.03. The van der Waals surface area contributed by atoms with E-state index in [2.05, 4.69) is 0 Å². The molecule has 0 aliphatic heterocycles. The van der Waals surface area contributed by atoms with Crippen LogP contribution in [0.25, 0.3) is 0 Å². The topological polar surface area (TPSA) is 64.3 Å². The van der Waals surface area contributed by atoms with E-state index in [-0.39, 0.29) is 12.3 Å². The number of aliphatic hydroxyl groups is 2. The second-order valence-electron chi connectivity index (χ2n) is 2.00. The maximum Gasteiger partial charge on any atom is 0.0851 e. The van der Waals surface area contributed by atoms with Crippen LogP contribution in [-0.4, -0.2) is 29.6 Å². The number of hydrogen-bond donors (Lipinski definition) is 3. The molecule has 0 saturated heterocycles. The first-order valence-corrected chi connectivity index (χ1v) is 3.53. The van der Waals surface area contributed by atoms with Crippen molar-refractivity contribution in [1.82, 2.24) is 0 Å². The van der Waals surface area contributed by atoms with Crippen LogP contribution >= 0.6 is 0 Å². The Morgan fingerprint density at radius 3 is 2.17 bits per heavy atom. The number of aliphatic hydroxyl groups excluding tert-OH is 2. The van der Waals surface area contributed by atoms with Crippen LogP contribution in [0.3, 0.4) is 0 Å². The summed E-state index contributed by atoms with van der Waals surface area (Å²) in [6.07, 6.45) is 0. The van der Waals surface area contributed by atoms with Crippen molar-refractivity contribution in [2.45, 2.75) is 0 Å². The third-order valence-electron chi connectivity index (χ3n) is 1.28. The Bertz CT molecular complexity index is 221. The van der Waals surface area contributed by atoms with Crippen LogP contribution in [-0.2, 0) is 0 Å². The zero-order valence-electron chi connectivity index (χ0n) is 6.99. The highest BCUT2D eigenvalue weighted by molar-refractivity contribution is 5.98. The van der Waals surface area contributed by atoms with Crippen molar-refractivity contribution in [3.63, 3.8) is 0 Å². The minimum absolute atomic E-state index is 0.190. The average molecular weight is 167 g/mol. The average Bonchev–Trinajstić information content (AvgIpc) is 2.21.